The van der Waals surface area contributed by atoms with Gasteiger partial charge in [-0.2, -0.15) is 12.7 Å². The Morgan fingerprint density at radius 1 is 1.50 bits per heavy atom. The molecule has 102 valence electrons. The number of hydrogen-bond acceptors (Lipinski definition) is 7. The Labute approximate surface area is 104 Å². The van der Waals surface area contributed by atoms with Crippen molar-refractivity contribution in [2.45, 2.75) is 13.3 Å². The Kier molecular flexibility index (Phi) is 4.62. The molecule has 0 bridgehead atoms. The van der Waals surface area contributed by atoms with E-state index >= 15 is 0 Å². The van der Waals surface area contributed by atoms with Crippen molar-refractivity contribution in [2.24, 2.45) is 0 Å². The molecule has 0 radical (unpaired) electrons. The van der Waals surface area contributed by atoms with E-state index in [4.69, 9.17) is 4.42 Å². The van der Waals surface area contributed by atoms with Crippen molar-refractivity contribution < 1.29 is 22.4 Å². The topological polar surface area (TPSA) is 115 Å². The van der Waals surface area contributed by atoms with Gasteiger partial charge in [-0.05, 0) is 0 Å². The summed E-state index contributed by atoms with van der Waals surface area (Å²) in [5.74, 6) is -0.254. The minimum absolute atomic E-state index is 0.0187. The monoisotopic (exact) mass is 278 g/mol. The first-order chi connectivity index (χ1) is 8.35. The van der Waals surface area contributed by atoms with Gasteiger partial charge in [0, 0.05) is 20.5 Å². The van der Waals surface area contributed by atoms with E-state index in [1.165, 1.54) is 21.1 Å². The van der Waals surface area contributed by atoms with Crippen LogP contribution in [0, 0.1) is 6.92 Å². The van der Waals surface area contributed by atoms with Gasteiger partial charge < -0.3 is 9.15 Å². The number of anilines is 1. The van der Waals surface area contributed by atoms with Crippen molar-refractivity contribution in [2.75, 3.05) is 25.4 Å². The van der Waals surface area contributed by atoms with Gasteiger partial charge in [0.15, 0.2) is 0 Å². The van der Waals surface area contributed by atoms with Crippen molar-refractivity contribution in [1.29, 1.82) is 0 Å². The summed E-state index contributed by atoms with van der Waals surface area (Å²) in [6, 6.07) is -0.225. The Morgan fingerprint density at radius 2 is 2.17 bits per heavy atom. The second kappa shape index (κ2) is 5.78. The summed E-state index contributed by atoms with van der Waals surface area (Å²) in [7, 11) is -1.28. The van der Waals surface area contributed by atoms with Crippen LogP contribution in [0.5, 0.6) is 0 Å². The molecule has 1 N–H and O–H groups in total. The lowest BCUT2D eigenvalue weighted by Crippen LogP contribution is -2.34. The summed E-state index contributed by atoms with van der Waals surface area (Å²) in [5, 5.41) is 6.98. The summed E-state index contributed by atoms with van der Waals surface area (Å²) in [6.45, 7) is 1.51. The Bertz CT molecular complexity index is 511. The molecule has 0 aliphatic rings. The number of carbonyl (C=O) groups excluding carboxylic acids is 1. The molecule has 9 nitrogen and oxygen atoms in total. The second-order valence-corrected chi connectivity index (χ2v) is 5.16. The van der Waals surface area contributed by atoms with Gasteiger partial charge in [-0.1, -0.05) is 5.10 Å². The van der Waals surface area contributed by atoms with Crippen LogP contribution in [0.2, 0.25) is 0 Å². The average Bonchev–Trinajstić information content (AvgIpc) is 2.70. The molecule has 0 fully saturated rings. The molecule has 0 spiro atoms. The molecule has 0 aromatic carbocycles. The number of ether oxygens (including phenoxy) is 1. The number of carbonyl (C=O) groups is 1. The van der Waals surface area contributed by atoms with Crippen LogP contribution in [0.25, 0.3) is 0 Å². The highest BCUT2D eigenvalue weighted by Crippen LogP contribution is 2.08. The zero-order valence-corrected chi connectivity index (χ0v) is 11.0. The summed E-state index contributed by atoms with van der Waals surface area (Å²) in [4.78, 5) is 10.9. The standard InChI is InChI=1S/C8H14N4O5S/c1-6-9-10-8(17-6)11-18(14,15)12(2)5-4-7(13)16-3/h4-5H2,1-3H3,(H,10,11). The van der Waals surface area contributed by atoms with E-state index < -0.39 is 16.2 Å². The minimum atomic E-state index is -3.82. The van der Waals surface area contributed by atoms with Crippen LogP contribution in [0.4, 0.5) is 6.01 Å². The van der Waals surface area contributed by atoms with Crippen molar-refractivity contribution in [3.05, 3.63) is 5.89 Å². The van der Waals surface area contributed by atoms with E-state index in [-0.39, 0.29) is 24.9 Å². The van der Waals surface area contributed by atoms with E-state index in [1.54, 1.807) is 0 Å². The van der Waals surface area contributed by atoms with Gasteiger partial charge in [0.25, 0.3) is 0 Å². The molecule has 0 unspecified atom stereocenters. The van der Waals surface area contributed by atoms with Gasteiger partial charge in [0.2, 0.25) is 5.89 Å². The Hall–Kier alpha value is -1.68. The zero-order chi connectivity index (χ0) is 13.8. The van der Waals surface area contributed by atoms with E-state index in [9.17, 15) is 13.2 Å². The number of esters is 1. The molecule has 0 aliphatic carbocycles. The molecule has 0 saturated carbocycles. The number of rotatable bonds is 6. The molecule has 0 amide bonds. The van der Waals surface area contributed by atoms with E-state index in [0.29, 0.717) is 0 Å². The molecule has 1 heterocycles. The van der Waals surface area contributed by atoms with E-state index in [0.717, 1.165) is 4.31 Å². The first-order valence-corrected chi connectivity index (χ1v) is 6.40. The first-order valence-electron chi connectivity index (χ1n) is 4.96. The normalized spacial score (nSPS) is 11.6. The highest BCUT2D eigenvalue weighted by atomic mass is 32.2. The molecule has 10 heteroatoms. The van der Waals surface area contributed by atoms with Crippen molar-refractivity contribution >= 4 is 22.2 Å². The largest absolute Gasteiger partial charge is 0.469 e. The van der Waals surface area contributed by atoms with Gasteiger partial charge in [-0.25, -0.2) is 4.72 Å². The lowest BCUT2D eigenvalue weighted by molar-refractivity contribution is -0.140. The summed E-state index contributed by atoms with van der Waals surface area (Å²) >= 11 is 0. The summed E-state index contributed by atoms with van der Waals surface area (Å²) in [6.07, 6.45) is -0.0449. The van der Waals surface area contributed by atoms with Gasteiger partial charge in [-0.15, -0.1) is 5.10 Å². The smallest absolute Gasteiger partial charge is 0.330 e. The molecule has 0 saturated heterocycles. The summed E-state index contributed by atoms with van der Waals surface area (Å²) in [5.41, 5.74) is 0. The minimum Gasteiger partial charge on any atom is -0.469 e. The first kappa shape index (κ1) is 14.4. The maximum atomic E-state index is 11.7. The fourth-order valence-electron chi connectivity index (χ4n) is 0.997. The van der Waals surface area contributed by atoms with Crippen molar-refractivity contribution in [1.82, 2.24) is 14.5 Å². The van der Waals surface area contributed by atoms with Gasteiger partial charge in [0.05, 0.1) is 13.5 Å². The van der Waals surface area contributed by atoms with Crippen molar-refractivity contribution in [3.63, 3.8) is 0 Å². The highest BCUT2D eigenvalue weighted by molar-refractivity contribution is 7.90. The average molecular weight is 278 g/mol. The Morgan fingerprint density at radius 3 is 2.67 bits per heavy atom. The van der Waals surface area contributed by atoms with E-state index in [2.05, 4.69) is 19.7 Å². The van der Waals surface area contributed by atoms with Crippen LogP contribution in [-0.4, -0.2) is 49.6 Å². The van der Waals surface area contributed by atoms with Crippen molar-refractivity contribution in [3.8, 4) is 0 Å². The molecule has 18 heavy (non-hydrogen) atoms. The molecule has 0 aliphatic heterocycles. The number of hydrogen-bond donors (Lipinski definition) is 1. The highest BCUT2D eigenvalue weighted by Gasteiger charge is 2.21. The second-order valence-electron chi connectivity index (χ2n) is 3.38. The molecule has 1 aromatic rings. The maximum absolute atomic E-state index is 11.7. The van der Waals surface area contributed by atoms with Gasteiger partial charge in [-0.3, -0.25) is 4.79 Å². The molecular formula is C8H14N4O5S. The lowest BCUT2D eigenvalue weighted by atomic mass is 10.4. The van der Waals surface area contributed by atoms with Crippen LogP contribution < -0.4 is 4.72 Å². The molecule has 0 atom stereocenters. The van der Waals surface area contributed by atoms with Crippen LogP contribution in [0.15, 0.2) is 4.42 Å². The number of aryl methyl sites for hydroxylation is 1. The molecule has 1 rings (SSSR count). The SMILES string of the molecule is COC(=O)CCN(C)S(=O)(=O)Nc1nnc(C)o1. The molecule has 1 aromatic heterocycles. The van der Waals surface area contributed by atoms with Gasteiger partial charge in [0.1, 0.15) is 0 Å². The third-order valence-electron chi connectivity index (χ3n) is 2.01. The lowest BCUT2D eigenvalue weighted by Gasteiger charge is -2.15. The quantitative estimate of drug-likeness (QED) is 0.699. The van der Waals surface area contributed by atoms with Crippen LogP contribution >= 0.6 is 0 Å². The van der Waals surface area contributed by atoms with E-state index in [1.807, 2.05) is 0 Å². The third-order valence-corrected chi connectivity index (χ3v) is 3.45. The maximum Gasteiger partial charge on any atom is 0.330 e. The molecular weight excluding hydrogens is 264 g/mol. The number of nitrogens with one attached hydrogen (secondary N) is 1. The zero-order valence-electron chi connectivity index (χ0n) is 10.2. The predicted molar refractivity (Wildman–Crippen MR) is 60.8 cm³/mol. The predicted octanol–water partition coefficient (Wildman–Crippen LogP) is -0.470. The number of methoxy groups -OCH3 is 1. The van der Waals surface area contributed by atoms with Crippen LogP contribution in [0.3, 0.4) is 0 Å². The fourth-order valence-corrected chi connectivity index (χ4v) is 1.79. The van der Waals surface area contributed by atoms with Crippen LogP contribution in [0.1, 0.15) is 12.3 Å². The Balaban J connectivity index is 2.60. The number of aromatic nitrogens is 2. The third kappa shape index (κ3) is 3.96. The van der Waals surface area contributed by atoms with Gasteiger partial charge >= 0.3 is 22.2 Å². The fraction of sp³-hybridized carbons (Fsp3) is 0.625. The summed E-state index contributed by atoms with van der Waals surface area (Å²) < 4.78 is 35.8. The number of nitrogens with zero attached hydrogens (tertiary/aromatic N) is 3. The van der Waals surface area contributed by atoms with Crippen LogP contribution in [-0.2, 0) is 19.7 Å².